The third-order valence-corrected chi connectivity index (χ3v) is 4.53. The molecule has 136 valence electrons. The Morgan fingerprint density at radius 3 is 2.58 bits per heavy atom. The van der Waals surface area contributed by atoms with Gasteiger partial charge in [0.15, 0.2) is 0 Å². The first-order chi connectivity index (χ1) is 12.5. The largest absolute Gasteiger partial charge is 0.412 e. The van der Waals surface area contributed by atoms with E-state index >= 15 is 0 Å². The number of carbonyl (C=O) groups excluding carboxylic acids is 2. The highest BCUT2D eigenvalue weighted by Gasteiger charge is 2.17. The van der Waals surface area contributed by atoms with Crippen molar-refractivity contribution in [2.24, 2.45) is 5.73 Å². The van der Waals surface area contributed by atoms with E-state index < -0.39 is 17.8 Å². The Labute approximate surface area is 151 Å². The SMILES string of the molecule is NC(=O)c1cccc(-c2cc(OC(=O)NC3CCCCC3)ccc2F)c1. The molecule has 0 unspecified atom stereocenters. The number of carbonyl (C=O) groups is 2. The molecule has 0 aliphatic heterocycles. The zero-order chi connectivity index (χ0) is 18.5. The zero-order valence-electron chi connectivity index (χ0n) is 14.3. The summed E-state index contributed by atoms with van der Waals surface area (Å²) < 4.78 is 19.5. The number of amides is 2. The molecule has 0 saturated heterocycles. The highest BCUT2D eigenvalue weighted by atomic mass is 19.1. The van der Waals surface area contributed by atoms with Gasteiger partial charge in [-0.15, -0.1) is 0 Å². The van der Waals surface area contributed by atoms with Crippen LogP contribution >= 0.6 is 0 Å². The van der Waals surface area contributed by atoms with Crippen LogP contribution in [0.5, 0.6) is 5.75 Å². The standard InChI is InChI=1S/C20H21FN2O3/c21-18-10-9-16(26-20(25)23-15-7-2-1-3-8-15)12-17(18)13-5-4-6-14(11-13)19(22)24/h4-6,9-12,15H,1-3,7-8H2,(H2,22,24)(H,23,25). The third kappa shape index (κ3) is 4.39. The molecule has 1 aliphatic carbocycles. The molecule has 5 nitrogen and oxygen atoms in total. The van der Waals surface area contributed by atoms with Crippen LogP contribution in [0.25, 0.3) is 11.1 Å². The molecule has 0 heterocycles. The summed E-state index contributed by atoms with van der Waals surface area (Å²) in [5.41, 5.74) is 6.27. The lowest BCUT2D eigenvalue weighted by Gasteiger charge is -2.22. The van der Waals surface area contributed by atoms with Crippen molar-refractivity contribution in [2.75, 3.05) is 0 Å². The van der Waals surface area contributed by atoms with Gasteiger partial charge in [0, 0.05) is 17.2 Å². The second-order valence-corrected chi connectivity index (χ2v) is 6.46. The van der Waals surface area contributed by atoms with Crippen LogP contribution in [0.3, 0.4) is 0 Å². The Bertz CT molecular complexity index is 816. The number of nitrogens with one attached hydrogen (secondary N) is 1. The molecule has 1 aliphatic rings. The van der Waals surface area contributed by atoms with E-state index in [1.807, 2.05) is 0 Å². The number of rotatable bonds is 4. The first kappa shape index (κ1) is 17.9. The van der Waals surface area contributed by atoms with E-state index in [2.05, 4.69) is 5.32 Å². The average Bonchev–Trinajstić information content (AvgIpc) is 2.64. The summed E-state index contributed by atoms with van der Waals surface area (Å²) in [6.07, 6.45) is 4.75. The molecular formula is C20H21FN2O3. The highest BCUT2D eigenvalue weighted by Crippen LogP contribution is 2.28. The molecule has 0 spiro atoms. The number of halogens is 1. The normalized spacial score (nSPS) is 14.7. The van der Waals surface area contributed by atoms with Gasteiger partial charge in [0.2, 0.25) is 5.91 Å². The van der Waals surface area contributed by atoms with Gasteiger partial charge in [0.05, 0.1) is 0 Å². The number of hydrogen-bond donors (Lipinski definition) is 2. The van der Waals surface area contributed by atoms with Gasteiger partial charge < -0.3 is 15.8 Å². The van der Waals surface area contributed by atoms with Crippen LogP contribution in [0.15, 0.2) is 42.5 Å². The Balaban J connectivity index is 1.76. The summed E-state index contributed by atoms with van der Waals surface area (Å²) in [6, 6.07) is 10.6. The maximum absolute atomic E-state index is 14.2. The van der Waals surface area contributed by atoms with Gasteiger partial charge in [-0.25, -0.2) is 9.18 Å². The summed E-state index contributed by atoms with van der Waals surface area (Å²) in [4.78, 5) is 23.4. The van der Waals surface area contributed by atoms with E-state index in [0.29, 0.717) is 5.56 Å². The molecule has 1 fully saturated rings. The van der Waals surface area contributed by atoms with Crippen molar-refractivity contribution < 1.29 is 18.7 Å². The summed E-state index contributed by atoms with van der Waals surface area (Å²) in [6.45, 7) is 0. The van der Waals surface area contributed by atoms with Gasteiger partial charge in [0.25, 0.3) is 0 Å². The second-order valence-electron chi connectivity index (χ2n) is 6.46. The van der Waals surface area contributed by atoms with Gasteiger partial charge in [-0.2, -0.15) is 0 Å². The third-order valence-electron chi connectivity index (χ3n) is 4.53. The minimum absolute atomic E-state index is 0.128. The van der Waals surface area contributed by atoms with E-state index in [1.54, 1.807) is 18.2 Å². The van der Waals surface area contributed by atoms with Gasteiger partial charge in [-0.1, -0.05) is 31.4 Å². The Hall–Kier alpha value is -2.89. The Morgan fingerprint density at radius 1 is 1.08 bits per heavy atom. The maximum Gasteiger partial charge on any atom is 0.412 e. The van der Waals surface area contributed by atoms with Crippen molar-refractivity contribution in [1.82, 2.24) is 5.32 Å². The monoisotopic (exact) mass is 356 g/mol. The molecule has 3 rings (SSSR count). The molecule has 3 N–H and O–H groups in total. The van der Waals surface area contributed by atoms with Crippen LogP contribution in [0.4, 0.5) is 9.18 Å². The molecular weight excluding hydrogens is 335 g/mol. The summed E-state index contributed by atoms with van der Waals surface area (Å²) in [5, 5.41) is 2.85. The fraction of sp³-hybridized carbons (Fsp3) is 0.300. The van der Waals surface area contributed by atoms with Crippen LogP contribution in [-0.4, -0.2) is 18.0 Å². The molecule has 2 aromatic rings. The Morgan fingerprint density at radius 2 is 1.85 bits per heavy atom. The van der Waals surface area contributed by atoms with Crippen LogP contribution in [0.1, 0.15) is 42.5 Å². The summed E-state index contributed by atoms with van der Waals surface area (Å²) in [5.74, 6) is -0.836. The number of primary amides is 1. The van der Waals surface area contributed by atoms with Crippen LogP contribution in [0.2, 0.25) is 0 Å². The lowest BCUT2D eigenvalue weighted by Crippen LogP contribution is -2.38. The lowest BCUT2D eigenvalue weighted by molar-refractivity contribution is 0.1000. The fourth-order valence-electron chi connectivity index (χ4n) is 3.18. The van der Waals surface area contributed by atoms with Crippen molar-refractivity contribution in [3.8, 4) is 16.9 Å². The number of ether oxygens (including phenoxy) is 1. The fourth-order valence-corrected chi connectivity index (χ4v) is 3.18. The van der Waals surface area contributed by atoms with Crippen molar-refractivity contribution in [1.29, 1.82) is 0 Å². The predicted molar refractivity (Wildman–Crippen MR) is 96.4 cm³/mol. The van der Waals surface area contributed by atoms with Crippen LogP contribution in [0, 0.1) is 5.82 Å². The molecule has 0 atom stereocenters. The van der Waals surface area contributed by atoms with Crippen LogP contribution < -0.4 is 15.8 Å². The molecule has 0 bridgehead atoms. The van der Waals surface area contributed by atoms with E-state index in [4.69, 9.17) is 10.5 Å². The number of benzene rings is 2. The van der Waals surface area contributed by atoms with Gasteiger partial charge in [-0.05, 0) is 48.7 Å². The molecule has 2 amide bonds. The van der Waals surface area contributed by atoms with Crippen molar-refractivity contribution in [2.45, 2.75) is 38.1 Å². The van der Waals surface area contributed by atoms with Gasteiger partial charge in [0.1, 0.15) is 11.6 Å². The van der Waals surface area contributed by atoms with Crippen molar-refractivity contribution >= 4 is 12.0 Å². The average molecular weight is 356 g/mol. The van der Waals surface area contributed by atoms with Crippen LogP contribution in [-0.2, 0) is 0 Å². The van der Waals surface area contributed by atoms with Gasteiger partial charge in [-0.3, -0.25) is 4.79 Å². The first-order valence-corrected chi connectivity index (χ1v) is 8.71. The van der Waals surface area contributed by atoms with E-state index in [0.717, 1.165) is 25.7 Å². The van der Waals surface area contributed by atoms with E-state index in [9.17, 15) is 14.0 Å². The van der Waals surface area contributed by atoms with E-state index in [-0.39, 0.29) is 22.9 Å². The Kier molecular flexibility index (Phi) is 5.51. The number of hydrogen-bond acceptors (Lipinski definition) is 3. The smallest absolute Gasteiger partial charge is 0.410 e. The first-order valence-electron chi connectivity index (χ1n) is 8.71. The molecule has 1 saturated carbocycles. The zero-order valence-corrected chi connectivity index (χ0v) is 14.3. The lowest BCUT2D eigenvalue weighted by atomic mass is 9.96. The van der Waals surface area contributed by atoms with Gasteiger partial charge >= 0.3 is 6.09 Å². The summed E-state index contributed by atoms with van der Waals surface area (Å²) in [7, 11) is 0. The summed E-state index contributed by atoms with van der Waals surface area (Å²) >= 11 is 0. The maximum atomic E-state index is 14.2. The van der Waals surface area contributed by atoms with Crippen molar-refractivity contribution in [3.05, 3.63) is 53.8 Å². The topological polar surface area (TPSA) is 81.4 Å². The quantitative estimate of drug-likeness (QED) is 0.868. The number of nitrogens with two attached hydrogens (primary N) is 1. The van der Waals surface area contributed by atoms with Crippen molar-refractivity contribution in [3.63, 3.8) is 0 Å². The van der Waals surface area contributed by atoms with E-state index in [1.165, 1.54) is 30.7 Å². The molecule has 0 radical (unpaired) electrons. The minimum atomic E-state index is -0.591. The second kappa shape index (κ2) is 7.99. The minimum Gasteiger partial charge on any atom is -0.410 e. The molecule has 26 heavy (non-hydrogen) atoms. The highest BCUT2D eigenvalue weighted by molar-refractivity contribution is 5.94. The molecule has 2 aromatic carbocycles. The molecule has 0 aromatic heterocycles. The molecule has 6 heteroatoms. The predicted octanol–water partition coefficient (Wildman–Crippen LogP) is 4.01.